The first-order valence-electron chi connectivity index (χ1n) is 12.5. The van der Waals surface area contributed by atoms with Gasteiger partial charge in [0.05, 0.1) is 26.0 Å². The number of ether oxygens (including phenoxy) is 2. The highest BCUT2D eigenvalue weighted by molar-refractivity contribution is 6.04. The molecule has 0 amide bonds. The van der Waals surface area contributed by atoms with Crippen molar-refractivity contribution in [3.05, 3.63) is 66.1 Å². The van der Waals surface area contributed by atoms with E-state index in [1.165, 1.54) is 0 Å². The zero-order valence-electron chi connectivity index (χ0n) is 21.9. The van der Waals surface area contributed by atoms with Crippen molar-refractivity contribution < 1.29 is 19.4 Å². The van der Waals surface area contributed by atoms with E-state index in [2.05, 4.69) is 50.8 Å². The maximum Gasteiger partial charge on any atom is 0.303 e. The van der Waals surface area contributed by atoms with E-state index in [-0.39, 0.29) is 12.5 Å². The second-order valence-corrected chi connectivity index (χ2v) is 9.40. The monoisotopic (exact) mass is 513 g/mol. The maximum atomic E-state index is 11.6. The number of H-pyrrole nitrogens is 1. The molecule has 0 spiro atoms. The zero-order valence-corrected chi connectivity index (χ0v) is 21.9. The summed E-state index contributed by atoms with van der Waals surface area (Å²) in [7, 11) is 3.25. The van der Waals surface area contributed by atoms with Crippen molar-refractivity contribution in [1.29, 1.82) is 0 Å². The van der Waals surface area contributed by atoms with Gasteiger partial charge in [0, 0.05) is 52.1 Å². The van der Waals surface area contributed by atoms with E-state index in [4.69, 9.17) is 9.47 Å². The molecule has 0 aliphatic carbocycles. The molecule has 5 rings (SSSR count). The molecule has 0 radical (unpaired) electrons. The number of carbonyl (C=O) groups is 1. The molecule has 9 heteroatoms. The highest BCUT2D eigenvalue weighted by Crippen LogP contribution is 2.40. The summed E-state index contributed by atoms with van der Waals surface area (Å²) in [4.78, 5) is 24.5. The molecule has 3 aromatic heterocycles. The molecule has 0 bridgehead atoms. The average Bonchev–Trinajstić information content (AvgIpc) is 3.49. The first-order valence-corrected chi connectivity index (χ1v) is 12.5. The number of para-hydroxylation sites is 1. The topological polar surface area (TPSA) is 114 Å². The number of methoxy groups -OCH3 is 2. The average molecular weight is 514 g/mol. The number of benzene rings is 2. The number of fused-ring (bicyclic) bond motifs is 2. The van der Waals surface area contributed by atoms with Gasteiger partial charge in [-0.1, -0.05) is 18.2 Å². The number of carboxylic acids is 1. The van der Waals surface area contributed by atoms with Gasteiger partial charge >= 0.3 is 5.97 Å². The van der Waals surface area contributed by atoms with Crippen molar-refractivity contribution in [2.45, 2.75) is 39.3 Å². The number of rotatable bonds is 10. The Morgan fingerprint density at radius 2 is 1.92 bits per heavy atom. The fourth-order valence-electron chi connectivity index (χ4n) is 5.02. The van der Waals surface area contributed by atoms with E-state index in [1.54, 1.807) is 20.5 Å². The number of hydrogen-bond acceptors (Lipinski definition) is 6. The lowest BCUT2D eigenvalue weighted by Gasteiger charge is -2.14. The molecule has 5 aromatic rings. The van der Waals surface area contributed by atoms with Crippen molar-refractivity contribution in [3.8, 4) is 22.8 Å². The molecule has 0 aliphatic heterocycles. The Bertz CT molecular complexity index is 1590. The Morgan fingerprint density at radius 1 is 1.11 bits per heavy atom. The van der Waals surface area contributed by atoms with Crippen molar-refractivity contribution in [1.82, 2.24) is 19.5 Å². The van der Waals surface area contributed by atoms with Crippen LogP contribution in [0, 0.1) is 0 Å². The van der Waals surface area contributed by atoms with Crippen LogP contribution in [0.3, 0.4) is 0 Å². The van der Waals surface area contributed by atoms with Crippen LogP contribution in [0.15, 0.2) is 54.9 Å². The van der Waals surface area contributed by atoms with E-state index in [9.17, 15) is 9.90 Å². The summed E-state index contributed by atoms with van der Waals surface area (Å²) >= 11 is 0. The number of hydrogen-bond donors (Lipinski definition) is 3. The third-order valence-corrected chi connectivity index (χ3v) is 6.72. The fourth-order valence-corrected chi connectivity index (χ4v) is 5.02. The number of nitrogens with zero attached hydrogens (tertiary/aromatic N) is 3. The molecule has 0 saturated heterocycles. The number of anilines is 1. The van der Waals surface area contributed by atoms with E-state index in [1.807, 2.05) is 36.4 Å². The molecule has 196 valence electrons. The number of carboxylic acid groups (broad SMARTS) is 1. The summed E-state index contributed by atoms with van der Waals surface area (Å²) in [6.07, 6.45) is 1.92. The van der Waals surface area contributed by atoms with Gasteiger partial charge in [0.15, 0.2) is 0 Å². The minimum absolute atomic E-state index is 0.00943. The molecule has 3 N–H and O–H groups in total. The molecular formula is C29H31N5O4. The smallest absolute Gasteiger partial charge is 0.303 e. The van der Waals surface area contributed by atoms with Crippen LogP contribution < -0.4 is 14.8 Å². The van der Waals surface area contributed by atoms with Gasteiger partial charge in [-0.15, -0.1) is 0 Å². The predicted octanol–water partition coefficient (Wildman–Crippen LogP) is 5.81. The normalized spacial score (nSPS) is 11.4. The Hall–Kier alpha value is -4.53. The largest absolute Gasteiger partial charge is 0.497 e. The number of nitrogens with one attached hydrogen (secondary N) is 2. The van der Waals surface area contributed by atoms with Crippen LogP contribution in [0.5, 0.6) is 11.5 Å². The highest BCUT2D eigenvalue weighted by Gasteiger charge is 2.25. The zero-order chi connectivity index (χ0) is 26.8. The summed E-state index contributed by atoms with van der Waals surface area (Å²) in [5, 5.41) is 14.9. The lowest BCUT2D eigenvalue weighted by atomic mass is 10.0. The van der Waals surface area contributed by atoms with E-state index < -0.39 is 5.97 Å². The summed E-state index contributed by atoms with van der Waals surface area (Å²) in [6, 6.07) is 15.9. The van der Waals surface area contributed by atoms with Gasteiger partial charge in [-0.3, -0.25) is 4.79 Å². The van der Waals surface area contributed by atoms with Crippen LogP contribution in [0.1, 0.15) is 37.6 Å². The molecule has 2 aromatic carbocycles. The Morgan fingerprint density at radius 3 is 2.63 bits per heavy atom. The molecule has 9 nitrogen and oxygen atoms in total. The molecule has 38 heavy (non-hydrogen) atoms. The van der Waals surface area contributed by atoms with Gasteiger partial charge < -0.3 is 29.4 Å². The SMILES string of the molecule is COc1ccc(CNc2ncnc3c2c(-c2cc4ccccc4[nH]2)c(CCC(=O)O)n3C(C)C)c(OC)c1. The summed E-state index contributed by atoms with van der Waals surface area (Å²) in [5.74, 6) is 1.25. The molecule has 0 unspecified atom stereocenters. The second-order valence-electron chi connectivity index (χ2n) is 9.40. The first-order chi connectivity index (χ1) is 18.4. The van der Waals surface area contributed by atoms with Crippen molar-refractivity contribution in [3.63, 3.8) is 0 Å². The molecule has 3 heterocycles. The van der Waals surface area contributed by atoms with Gasteiger partial charge in [-0.05, 0) is 44.5 Å². The van der Waals surface area contributed by atoms with Crippen molar-refractivity contribution in [2.75, 3.05) is 19.5 Å². The Labute approximate surface area is 220 Å². The molecule has 0 saturated carbocycles. The predicted molar refractivity (Wildman–Crippen MR) is 148 cm³/mol. The standard InChI is InChI=1S/C29H31N5O4/c1-17(2)34-23(11-12-25(35)36)26(22-13-18-7-5-6-8-21(18)33-22)27-28(31-16-32-29(27)34)30-15-19-9-10-20(37-3)14-24(19)38-4/h5-10,13-14,16-17,33H,11-12,15H2,1-4H3,(H,35,36)(H,30,31,32). The summed E-state index contributed by atoms with van der Waals surface area (Å²) < 4.78 is 13.0. The van der Waals surface area contributed by atoms with Gasteiger partial charge in [0.1, 0.15) is 29.3 Å². The van der Waals surface area contributed by atoms with Crippen LogP contribution >= 0.6 is 0 Å². The maximum absolute atomic E-state index is 11.6. The lowest BCUT2D eigenvalue weighted by Crippen LogP contribution is -2.09. The van der Waals surface area contributed by atoms with Gasteiger partial charge in [0.2, 0.25) is 0 Å². The van der Waals surface area contributed by atoms with Crippen LogP contribution in [0.25, 0.3) is 33.2 Å². The minimum Gasteiger partial charge on any atom is -0.497 e. The van der Waals surface area contributed by atoms with E-state index in [0.717, 1.165) is 44.5 Å². The lowest BCUT2D eigenvalue weighted by molar-refractivity contribution is -0.137. The van der Waals surface area contributed by atoms with E-state index in [0.29, 0.717) is 30.3 Å². The summed E-state index contributed by atoms with van der Waals surface area (Å²) in [6.45, 7) is 4.62. The number of aromatic nitrogens is 4. The van der Waals surface area contributed by atoms with Crippen molar-refractivity contribution in [2.24, 2.45) is 0 Å². The fraction of sp³-hybridized carbons (Fsp3) is 0.276. The van der Waals surface area contributed by atoms with Crippen LogP contribution in [-0.4, -0.2) is 44.8 Å². The van der Waals surface area contributed by atoms with Gasteiger partial charge in [0.25, 0.3) is 0 Å². The second kappa shape index (κ2) is 10.5. The summed E-state index contributed by atoms with van der Waals surface area (Å²) in [5.41, 5.74) is 5.43. The minimum atomic E-state index is -0.843. The van der Waals surface area contributed by atoms with Crippen LogP contribution in [0.4, 0.5) is 5.82 Å². The molecule has 0 aliphatic rings. The molecular weight excluding hydrogens is 482 g/mol. The van der Waals surface area contributed by atoms with Crippen molar-refractivity contribution >= 4 is 33.7 Å². The number of aliphatic carboxylic acids is 1. The van der Waals surface area contributed by atoms with Gasteiger partial charge in [-0.2, -0.15) is 0 Å². The highest BCUT2D eigenvalue weighted by atomic mass is 16.5. The van der Waals surface area contributed by atoms with Crippen LogP contribution in [-0.2, 0) is 17.8 Å². The third-order valence-electron chi connectivity index (χ3n) is 6.72. The van der Waals surface area contributed by atoms with Crippen LogP contribution in [0.2, 0.25) is 0 Å². The first kappa shape index (κ1) is 25.1. The number of aromatic amines is 1. The molecule has 0 fully saturated rings. The van der Waals surface area contributed by atoms with Gasteiger partial charge in [-0.25, -0.2) is 9.97 Å². The Balaban J connectivity index is 1.69. The Kier molecular flexibility index (Phi) is 6.91. The third kappa shape index (κ3) is 4.63. The molecule has 0 atom stereocenters. The quantitative estimate of drug-likeness (QED) is 0.216. The van der Waals surface area contributed by atoms with E-state index >= 15 is 0 Å².